The maximum absolute atomic E-state index is 12.0. The molecule has 172 valence electrons. The van der Waals surface area contributed by atoms with Crippen molar-refractivity contribution in [1.82, 2.24) is 9.78 Å². The zero-order chi connectivity index (χ0) is 24.2. The highest BCUT2D eigenvalue weighted by Gasteiger charge is 2.16. The number of nitrogens with zero attached hydrogens (tertiary/aromatic N) is 2. The zero-order valence-corrected chi connectivity index (χ0v) is 20.3. The summed E-state index contributed by atoms with van der Waals surface area (Å²) in [6, 6.07) is 21.2. The molecule has 34 heavy (non-hydrogen) atoms. The van der Waals surface area contributed by atoms with E-state index in [1.54, 1.807) is 47.1 Å². The van der Waals surface area contributed by atoms with E-state index < -0.39 is 5.97 Å². The van der Waals surface area contributed by atoms with E-state index in [0.29, 0.717) is 38.6 Å². The van der Waals surface area contributed by atoms with E-state index in [9.17, 15) is 9.90 Å². The van der Waals surface area contributed by atoms with E-state index in [4.69, 9.17) is 39.5 Å². The molecule has 4 aromatic rings. The Morgan fingerprint density at radius 1 is 1.00 bits per heavy atom. The van der Waals surface area contributed by atoms with Crippen LogP contribution >= 0.6 is 34.8 Å². The Labute approximate surface area is 211 Å². The molecule has 0 fully saturated rings. The fourth-order valence-corrected chi connectivity index (χ4v) is 3.94. The lowest BCUT2D eigenvalue weighted by molar-refractivity contribution is -0.130. The van der Waals surface area contributed by atoms with E-state index in [1.807, 2.05) is 37.3 Å². The first-order valence-corrected chi connectivity index (χ1v) is 11.5. The largest absolute Gasteiger partial charge is 0.494 e. The van der Waals surface area contributed by atoms with Crippen LogP contribution in [-0.2, 0) is 4.79 Å². The molecular formula is C26H19Cl3N2O3. The van der Waals surface area contributed by atoms with E-state index in [1.165, 1.54) is 6.08 Å². The lowest BCUT2D eigenvalue weighted by Crippen LogP contribution is -2.01. The zero-order valence-electron chi connectivity index (χ0n) is 18.0. The van der Waals surface area contributed by atoms with Crippen LogP contribution in [0.2, 0.25) is 15.1 Å². The fraction of sp³-hybridized carbons (Fsp3) is 0.0769. The molecule has 5 nitrogen and oxygen atoms in total. The molecule has 0 unspecified atom stereocenters. The molecule has 0 atom stereocenters. The van der Waals surface area contributed by atoms with Crippen molar-refractivity contribution in [3.63, 3.8) is 0 Å². The normalized spacial score (nSPS) is 11.5. The molecule has 1 heterocycles. The first-order chi connectivity index (χ1) is 16.4. The minimum absolute atomic E-state index is 0.0690. The molecule has 0 aliphatic rings. The summed E-state index contributed by atoms with van der Waals surface area (Å²) in [6.07, 6.45) is 1.51. The Morgan fingerprint density at radius 3 is 2.41 bits per heavy atom. The average molecular weight is 514 g/mol. The van der Waals surface area contributed by atoms with Crippen molar-refractivity contribution < 1.29 is 14.6 Å². The molecule has 0 saturated heterocycles. The minimum Gasteiger partial charge on any atom is -0.494 e. The summed E-state index contributed by atoms with van der Waals surface area (Å²) in [5, 5.41) is 15.8. The molecule has 8 heteroatoms. The topological polar surface area (TPSA) is 64.4 Å². The maximum Gasteiger partial charge on any atom is 0.336 e. The second-order valence-corrected chi connectivity index (χ2v) is 8.55. The van der Waals surface area contributed by atoms with Gasteiger partial charge in [0.1, 0.15) is 5.75 Å². The number of benzene rings is 3. The van der Waals surface area contributed by atoms with Crippen LogP contribution in [0, 0.1) is 0 Å². The van der Waals surface area contributed by atoms with Gasteiger partial charge in [0.15, 0.2) is 0 Å². The quantitative estimate of drug-likeness (QED) is 0.260. The molecule has 0 amide bonds. The molecule has 4 rings (SSSR count). The van der Waals surface area contributed by atoms with Crippen LogP contribution in [0.4, 0.5) is 0 Å². The molecule has 0 aliphatic carbocycles. The van der Waals surface area contributed by atoms with Gasteiger partial charge in [-0.3, -0.25) is 0 Å². The third-order valence-electron chi connectivity index (χ3n) is 4.99. The number of hydrogen-bond acceptors (Lipinski definition) is 3. The fourth-order valence-electron chi connectivity index (χ4n) is 3.45. The van der Waals surface area contributed by atoms with Crippen LogP contribution in [0.5, 0.6) is 5.75 Å². The van der Waals surface area contributed by atoms with Gasteiger partial charge in [0.25, 0.3) is 0 Å². The lowest BCUT2D eigenvalue weighted by atomic mass is 10.0. The molecule has 0 aliphatic heterocycles. The van der Waals surface area contributed by atoms with Gasteiger partial charge in [-0.1, -0.05) is 53.0 Å². The number of hydrogen-bond donors (Lipinski definition) is 1. The van der Waals surface area contributed by atoms with Crippen LogP contribution in [-0.4, -0.2) is 27.5 Å². The van der Waals surface area contributed by atoms with E-state index in [0.717, 1.165) is 17.0 Å². The number of halogens is 3. The summed E-state index contributed by atoms with van der Waals surface area (Å²) >= 11 is 18.4. The maximum atomic E-state index is 12.0. The van der Waals surface area contributed by atoms with Crippen molar-refractivity contribution in [2.75, 3.05) is 6.61 Å². The summed E-state index contributed by atoms with van der Waals surface area (Å²) in [5.74, 6) is -0.349. The summed E-state index contributed by atoms with van der Waals surface area (Å²) in [5.41, 5.74) is 3.25. The van der Waals surface area contributed by atoms with Gasteiger partial charge in [0.2, 0.25) is 0 Å². The van der Waals surface area contributed by atoms with Crippen molar-refractivity contribution in [2.45, 2.75) is 6.92 Å². The molecule has 0 saturated carbocycles. The standard InChI is InChI=1S/C26H19Cl3N2O3/c1-2-34-21-9-7-20(8-10-21)31-25(17-6-11-23(28)24(29)13-17)15-19(30-31)14-22(26(32)33)16-4-3-5-18(27)12-16/h3-15H,2H2,1H3,(H,32,33)/b22-14-. The summed E-state index contributed by atoms with van der Waals surface area (Å²) in [4.78, 5) is 12.0. The molecule has 0 radical (unpaired) electrons. The van der Waals surface area contributed by atoms with Gasteiger partial charge in [0.05, 0.1) is 39.3 Å². The van der Waals surface area contributed by atoms with Gasteiger partial charge in [-0.2, -0.15) is 5.10 Å². The Kier molecular flexibility index (Phi) is 7.27. The Balaban J connectivity index is 1.86. The van der Waals surface area contributed by atoms with Gasteiger partial charge in [0, 0.05) is 10.6 Å². The third kappa shape index (κ3) is 5.28. The Bertz CT molecular complexity index is 1380. The van der Waals surface area contributed by atoms with Crippen LogP contribution in [0.3, 0.4) is 0 Å². The summed E-state index contributed by atoms with van der Waals surface area (Å²) in [6.45, 7) is 2.48. The number of carboxylic acid groups (broad SMARTS) is 1. The molecule has 0 bridgehead atoms. The van der Waals surface area contributed by atoms with Gasteiger partial charge < -0.3 is 9.84 Å². The number of aromatic nitrogens is 2. The number of carbonyl (C=O) groups is 1. The van der Waals surface area contributed by atoms with Crippen LogP contribution < -0.4 is 4.74 Å². The molecule has 1 N–H and O–H groups in total. The minimum atomic E-state index is -1.09. The highest BCUT2D eigenvalue weighted by Crippen LogP contribution is 2.32. The van der Waals surface area contributed by atoms with E-state index >= 15 is 0 Å². The summed E-state index contributed by atoms with van der Waals surface area (Å²) in [7, 11) is 0. The SMILES string of the molecule is CCOc1ccc(-n2nc(/C=C(\C(=O)O)c3cccc(Cl)c3)cc2-c2ccc(Cl)c(Cl)c2)cc1. The number of carboxylic acids is 1. The molecule has 0 spiro atoms. The predicted octanol–water partition coefficient (Wildman–Crippen LogP) is 7.52. The number of aliphatic carboxylic acids is 1. The van der Waals surface area contributed by atoms with Crippen molar-refractivity contribution in [2.24, 2.45) is 0 Å². The van der Waals surface area contributed by atoms with Crippen LogP contribution in [0.25, 0.3) is 28.6 Å². The van der Waals surface area contributed by atoms with Gasteiger partial charge in [-0.05, 0) is 73.2 Å². The monoisotopic (exact) mass is 512 g/mol. The van der Waals surface area contributed by atoms with Crippen molar-refractivity contribution >= 4 is 52.4 Å². The number of rotatable bonds is 7. The second kappa shape index (κ2) is 10.3. The Morgan fingerprint density at radius 2 is 1.76 bits per heavy atom. The third-order valence-corrected chi connectivity index (χ3v) is 5.97. The average Bonchev–Trinajstić information content (AvgIpc) is 3.24. The van der Waals surface area contributed by atoms with E-state index in [-0.39, 0.29) is 5.57 Å². The van der Waals surface area contributed by atoms with Crippen LogP contribution in [0.15, 0.2) is 72.8 Å². The highest BCUT2D eigenvalue weighted by molar-refractivity contribution is 6.42. The van der Waals surface area contributed by atoms with E-state index in [2.05, 4.69) is 5.10 Å². The second-order valence-electron chi connectivity index (χ2n) is 7.30. The van der Waals surface area contributed by atoms with Crippen molar-refractivity contribution in [3.8, 4) is 22.7 Å². The van der Waals surface area contributed by atoms with Gasteiger partial charge >= 0.3 is 5.97 Å². The first kappa shape index (κ1) is 23.9. The van der Waals surface area contributed by atoms with Crippen molar-refractivity contribution in [1.29, 1.82) is 0 Å². The highest BCUT2D eigenvalue weighted by atomic mass is 35.5. The summed E-state index contributed by atoms with van der Waals surface area (Å²) < 4.78 is 7.26. The molecular weight excluding hydrogens is 495 g/mol. The van der Waals surface area contributed by atoms with Crippen LogP contribution in [0.1, 0.15) is 18.2 Å². The predicted molar refractivity (Wildman–Crippen MR) is 137 cm³/mol. The number of ether oxygens (including phenoxy) is 1. The van der Waals surface area contributed by atoms with Gasteiger partial charge in [-0.15, -0.1) is 0 Å². The smallest absolute Gasteiger partial charge is 0.336 e. The Hall–Kier alpha value is -3.25. The molecule has 1 aromatic heterocycles. The van der Waals surface area contributed by atoms with Crippen molar-refractivity contribution in [3.05, 3.63) is 99.1 Å². The van der Waals surface area contributed by atoms with Gasteiger partial charge in [-0.25, -0.2) is 9.48 Å². The first-order valence-electron chi connectivity index (χ1n) is 10.4. The molecule has 3 aromatic carbocycles. The lowest BCUT2D eigenvalue weighted by Gasteiger charge is -2.10.